The van der Waals surface area contributed by atoms with Crippen molar-refractivity contribution in [2.75, 3.05) is 52.4 Å². The van der Waals surface area contributed by atoms with E-state index in [0.29, 0.717) is 0 Å². The summed E-state index contributed by atoms with van der Waals surface area (Å²) in [5.74, 6) is 0.968. The van der Waals surface area contributed by atoms with E-state index in [1.807, 2.05) is 0 Å². The number of hydrogen-bond donors (Lipinski definition) is 2. The van der Waals surface area contributed by atoms with Crippen molar-refractivity contribution in [3.8, 4) is 0 Å². The van der Waals surface area contributed by atoms with E-state index in [2.05, 4.69) is 55.1 Å². The molecule has 5 heteroatoms. The van der Waals surface area contributed by atoms with Crippen LogP contribution in [0.1, 0.15) is 66.7 Å². The highest BCUT2D eigenvalue weighted by molar-refractivity contribution is 5.79. The summed E-state index contributed by atoms with van der Waals surface area (Å²) in [6.45, 7) is 20.0. The molecule has 0 spiro atoms. The number of nitrogens with one attached hydrogen (secondary N) is 2. The number of piperidine rings is 1. The molecule has 0 bridgehead atoms. The second-order valence-electron chi connectivity index (χ2n) is 7.72. The lowest BCUT2D eigenvalue weighted by Gasteiger charge is -2.40. The minimum atomic E-state index is 0.144. The molecule has 0 saturated carbocycles. The van der Waals surface area contributed by atoms with E-state index in [0.717, 1.165) is 38.7 Å². The average Bonchev–Trinajstić information content (AvgIpc) is 2.63. The average molecular weight is 354 g/mol. The fourth-order valence-corrected chi connectivity index (χ4v) is 3.42. The summed E-state index contributed by atoms with van der Waals surface area (Å²) in [5, 5.41) is 6.90. The number of hydrogen-bond acceptors (Lipinski definition) is 3. The lowest BCUT2D eigenvalue weighted by molar-refractivity contribution is 0.102. The lowest BCUT2D eigenvalue weighted by Crippen LogP contribution is -2.49. The second kappa shape index (κ2) is 12.5. The van der Waals surface area contributed by atoms with Crippen molar-refractivity contribution in [1.82, 2.24) is 20.4 Å². The second-order valence-corrected chi connectivity index (χ2v) is 7.72. The van der Waals surface area contributed by atoms with Gasteiger partial charge in [-0.3, -0.25) is 9.89 Å². The van der Waals surface area contributed by atoms with Gasteiger partial charge in [0.1, 0.15) is 0 Å². The van der Waals surface area contributed by atoms with Crippen LogP contribution in [0.15, 0.2) is 4.99 Å². The van der Waals surface area contributed by atoms with E-state index in [1.54, 1.807) is 0 Å². The van der Waals surface area contributed by atoms with E-state index in [9.17, 15) is 0 Å². The molecule has 1 heterocycles. The normalized spacial score (nSPS) is 17.1. The molecule has 0 unspecified atom stereocenters. The standard InChI is InChI=1S/C20H43N5/c1-6-21-19(22-14-10-13-15-24(7-2)8-3)23-18-20(4,5)25-16-11-9-12-17-25/h6-18H2,1-5H3,(H2,21,22,23). The molecule has 2 N–H and O–H groups in total. The van der Waals surface area contributed by atoms with Crippen LogP contribution in [0.25, 0.3) is 0 Å². The Balaban J connectivity index is 2.37. The zero-order valence-electron chi connectivity index (χ0n) is 17.5. The number of nitrogens with zero attached hydrogens (tertiary/aromatic N) is 3. The molecule has 1 aliphatic heterocycles. The molecule has 0 aromatic carbocycles. The molecule has 0 atom stereocenters. The van der Waals surface area contributed by atoms with Gasteiger partial charge < -0.3 is 15.5 Å². The summed E-state index contributed by atoms with van der Waals surface area (Å²) < 4.78 is 0. The van der Waals surface area contributed by atoms with Crippen LogP contribution >= 0.6 is 0 Å². The van der Waals surface area contributed by atoms with Gasteiger partial charge in [-0.05, 0) is 79.2 Å². The summed E-state index contributed by atoms with van der Waals surface area (Å²) in [6, 6.07) is 0. The highest BCUT2D eigenvalue weighted by Gasteiger charge is 2.27. The SMILES string of the molecule is CCNC(=NCC(C)(C)N1CCCCC1)NCCCCN(CC)CC. The Morgan fingerprint density at radius 1 is 1.00 bits per heavy atom. The third-order valence-corrected chi connectivity index (χ3v) is 5.27. The molecule has 1 fully saturated rings. The smallest absolute Gasteiger partial charge is 0.191 e. The monoisotopic (exact) mass is 353 g/mol. The van der Waals surface area contributed by atoms with Crippen molar-refractivity contribution < 1.29 is 0 Å². The highest BCUT2D eigenvalue weighted by Crippen LogP contribution is 2.20. The fraction of sp³-hybridized carbons (Fsp3) is 0.950. The first-order valence-corrected chi connectivity index (χ1v) is 10.5. The Bertz CT molecular complexity index is 357. The highest BCUT2D eigenvalue weighted by atomic mass is 15.2. The van der Waals surface area contributed by atoms with Gasteiger partial charge in [0, 0.05) is 18.6 Å². The van der Waals surface area contributed by atoms with E-state index < -0.39 is 0 Å². The van der Waals surface area contributed by atoms with Crippen molar-refractivity contribution >= 4 is 5.96 Å². The van der Waals surface area contributed by atoms with Gasteiger partial charge in [-0.1, -0.05) is 20.3 Å². The van der Waals surface area contributed by atoms with Crippen LogP contribution in [0.4, 0.5) is 0 Å². The largest absolute Gasteiger partial charge is 0.357 e. The molecule has 0 aromatic heterocycles. The fourth-order valence-electron chi connectivity index (χ4n) is 3.42. The van der Waals surface area contributed by atoms with E-state index in [1.165, 1.54) is 51.7 Å². The molecule has 1 aliphatic rings. The predicted molar refractivity (Wildman–Crippen MR) is 111 cm³/mol. The summed E-state index contributed by atoms with van der Waals surface area (Å²) in [4.78, 5) is 9.96. The Morgan fingerprint density at radius 2 is 1.68 bits per heavy atom. The quantitative estimate of drug-likeness (QED) is 0.340. The van der Waals surface area contributed by atoms with Crippen molar-refractivity contribution in [1.29, 1.82) is 0 Å². The van der Waals surface area contributed by atoms with Gasteiger partial charge in [0.25, 0.3) is 0 Å². The predicted octanol–water partition coefficient (Wildman–Crippen LogP) is 2.93. The van der Waals surface area contributed by atoms with E-state index in [-0.39, 0.29) is 5.54 Å². The Morgan fingerprint density at radius 3 is 2.28 bits per heavy atom. The number of guanidine groups is 1. The maximum Gasteiger partial charge on any atom is 0.191 e. The van der Waals surface area contributed by atoms with Crippen molar-refractivity contribution in [2.45, 2.75) is 72.3 Å². The minimum Gasteiger partial charge on any atom is -0.357 e. The van der Waals surface area contributed by atoms with Crippen molar-refractivity contribution in [3.63, 3.8) is 0 Å². The van der Waals surface area contributed by atoms with Crippen molar-refractivity contribution in [2.24, 2.45) is 4.99 Å². The molecule has 25 heavy (non-hydrogen) atoms. The molecule has 0 amide bonds. The molecule has 1 saturated heterocycles. The van der Waals surface area contributed by atoms with Gasteiger partial charge in [0.2, 0.25) is 0 Å². The molecule has 5 nitrogen and oxygen atoms in total. The van der Waals surface area contributed by atoms with Crippen LogP contribution in [0.5, 0.6) is 0 Å². The molecular weight excluding hydrogens is 310 g/mol. The number of unbranched alkanes of at least 4 members (excludes halogenated alkanes) is 1. The Hall–Kier alpha value is -0.810. The molecule has 0 aliphatic carbocycles. The van der Waals surface area contributed by atoms with Crippen LogP contribution in [0.2, 0.25) is 0 Å². The van der Waals surface area contributed by atoms with Gasteiger partial charge in [-0.25, -0.2) is 0 Å². The summed E-state index contributed by atoms with van der Waals surface area (Å²) >= 11 is 0. The zero-order valence-corrected chi connectivity index (χ0v) is 17.5. The van der Waals surface area contributed by atoms with Crippen molar-refractivity contribution in [3.05, 3.63) is 0 Å². The van der Waals surface area contributed by atoms with E-state index in [4.69, 9.17) is 4.99 Å². The first-order chi connectivity index (χ1) is 12.0. The molecule has 0 radical (unpaired) electrons. The first kappa shape index (κ1) is 22.2. The van der Waals surface area contributed by atoms with Gasteiger partial charge in [-0.2, -0.15) is 0 Å². The number of aliphatic imine (C=N–C) groups is 1. The number of likely N-dealkylation sites (tertiary alicyclic amines) is 1. The molecule has 0 aromatic rings. The summed E-state index contributed by atoms with van der Waals surface area (Å²) in [6.07, 6.45) is 6.48. The Labute approximate surface area is 156 Å². The van der Waals surface area contributed by atoms with Gasteiger partial charge >= 0.3 is 0 Å². The molecule has 148 valence electrons. The molecule has 1 rings (SSSR count). The van der Waals surface area contributed by atoms with E-state index >= 15 is 0 Å². The minimum absolute atomic E-state index is 0.144. The topological polar surface area (TPSA) is 42.9 Å². The van der Waals surface area contributed by atoms with Crippen LogP contribution in [-0.4, -0.2) is 73.7 Å². The van der Waals surface area contributed by atoms with Crippen LogP contribution in [0, 0.1) is 0 Å². The van der Waals surface area contributed by atoms with Crippen LogP contribution < -0.4 is 10.6 Å². The van der Waals surface area contributed by atoms with Gasteiger partial charge in [-0.15, -0.1) is 0 Å². The lowest BCUT2D eigenvalue weighted by atomic mass is 9.99. The van der Waals surface area contributed by atoms with Crippen LogP contribution in [-0.2, 0) is 0 Å². The zero-order chi connectivity index (χ0) is 18.5. The summed E-state index contributed by atoms with van der Waals surface area (Å²) in [7, 11) is 0. The van der Waals surface area contributed by atoms with Gasteiger partial charge in [0.05, 0.1) is 6.54 Å². The van der Waals surface area contributed by atoms with Gasteiger partial charge in [0.15, 0.2) is 5.96 Å². The maximum atomic E-state index is 4.87. The Kier molecular flexibility index (Phi) is 11.1. The maximum absolute atomic E-state index is 4.87. The molecular formula is C20H43N5. The third-order valence-electron chi connectivity index (χ3n) is 5.27. The van der Waals surface area contributed by atoms with Crippen LogP contribution in [0.3, 0.4) is 0 Å². The first-order valence-electron chi connectivity index (χ1n) is 10.5. The number of rotatable bonds is 11. The third kappa shape index (κ3) is 8.91. The summed E-state index contributed by atoms with van der Waals surface area (Å²) in [5.41, 5.74) is 0.144.